The number of halogens is 13. The maximum atomic E-state index is 11.0. The Labute approximate surface area is 897 Å². The first kappa shape index (κ1) is 134. The van der Waals surface area contributed by atoms with E-state index >= 15 is 0 Å². The van der Waals surface area contributed by atoms with Gasteiger partial charge in [-0.2, -0.15) is 18.4 Å². The van der Waals surface area contributed by atoms with Gasteiger partial charge in [-0.15, -0.1) is 0 Å². The summed E-state index contributed by atoms with van der Waals surface area (Å²) in [6, 6.07) is 34.3. The van der Waals surface area contributed by atoms with Gasteiger partial charge in [0.15, 0.2) is 0 Å². The highest BCUT2D eigenvalue weighted by molar-refractivity contribution is 8.31. The van der Waals surface area contributed by atoms with Crippen molar-refractivity contribution in [3.8, 4) is 69.0 Å². The van der Waals surface area contributed by atoms with E-state index in [-0.39, 0.29) is 92.8 Å². The molecule has 11 N–H and O–H groups in total. The van der Waals surface area contributed by atoms with Gasteiger partial charge in [0.2, 0.25) is 24.0 Å². The van der Waals surface area contributed by atoms with Gasteiger partial charge in [0.05, 0.1) is 112 Å². The first-order valence-corrected chi connectivity index (χ1v) is 46.6. The van der Waals surface area contributed by atoms with Crippen molar-refractivity contribution in [2.45, 2.75) is 54.1 Å². The van der Waals surface area contributed by atoms with Crippen LogP contribution < -0.4 is 95.3 Å². The van der Waals surface area contributed by atoms with Crippen LogP contribution in [0.15, 0.2) is 156 Å². The number of para-hydroxylation sites is 3. The van der Waals surface area contributed by atoms with Crippen molar-refractivity contribution < 1.29 is 114 Å². The molecule has 788 valence electrons. The highest BCUT2D eigenvalue weighted by Gasteiger charge is 2.22. The smallest absolute Gasteiger partial charge is 0.317 e. The highest BCUT2D eigenvalue weighted by atomic mass is 36.0. The van der Waals surface area contributed by atoms with Crippen molar-refractivity contribution in [1.82, 2.24) is 29.9 Å². The molecule has 0 aliphatic carbocycles. The van der Waals surface area contributed by atoms with Crippen molar-refractivity contribution in [3.05, 3.63) is 234 Å². The Morgan fingerprint density at radius 2 is 0.731 bits per heavy atom. The Morgan fingerprint density at radius 3 is 1.01 bits per heavy atom. The van der Waals surface area contributed by atoms with Gasteiger partial charge in [-0.25, -0.2) is 39.5 Å². The van der Waals surface area contributed by atoms with Crippen LogP contribution in [0.3, 0.4) is 0 Å². The molecule has 11 aromatic rings. The SMILES string of the molecule is CC(=O)OC(C)=O.CC(C)O.CNc1cc(Cc2ccccc2[N+](=O)[O-])ncn1.CNc1cc(Cl)ncn1.COc1cc(N)cc(OC)c1.COc1cc(NC(C)=O)cc(OC)c1.COc1cc(OC)c(Cl)c(N)c1Cl.COc1cc(OC)c(Cl)c(N=C=O)c1Cl.COc1cc(OC)c(Cl)c(N=C=O)c1Cl.COc1cc(OC)c(Cl)c(NC(C)=O)c1Cl.Clc1cc(Cl)ncn1.Nc1ccccc1[N+](=O)[O-].O=S(=O)(Cl)Cl. The minimum absolute atomic E-state index is 0.0394. The summed E-state index contributed by atoms with van der Waals surface area (Å²) < 4.78 is 82.3. The second kappa shape index (κ2) is 73.1. The number of carbonyl (C=O) groups excluding carboxylic acids is 6. The van der Waals surface area contributed by atoms with E-state index < -0.39 is 25.1 Å². The third-order valence-corrected chi connectivity index (χ3v) is 19.0. The topological polar surface area (TPSA) is 591 Å². The molecular formula is C88H98Cl13N17O26S. The van der Waals surface area contributed by atoms with Gasteiger partial charge in [0, 0.05) is 184 Å². The summed E-state index contributed by atoms with van der Waals surface area (Å²) >= 11 is 63.6. The number of isocyanates is 2. The molecule has 0 fully saturated rings. The average Bonchev–Trinajstić information content (AvgIpc) is 0.801. The van der Waals surface area contributed by atoms with Crippen LogP contribution in [0.2, 0.25) is 55.6 Å². The molecule has 3 heterocycles. The zero-order chi connectivity index (χ0) is 111. The summed E-state index contributed by atoms with van der Waals surface area (Å²) in [5, 5.41) is 42.9. The fourth-order valence-corrected chi connectivity index (χ4v) is 12.1. The number of nitro groups is 2. The number of rotatable bonds is 22. The molecule has 0 aliphatic rings. The van der Waals surface area contributed by atoms with Crippen LogP contribution in [0.4, 0.5) is 62.8 Å². The molecule has 0 unspecified atom stereocenters. The average molecular weight is 2300 g/mol. The number of nitrogens with two attached hydrogens (primary N) is 3. The Morgan fingerprint density at radius 1 is 0.428 bits per heavy atom. The number of nitrogens with one attached hydrogen (secondary N) is 4. The van der Waals surface area contributed by atoms with E-state index in [4.69, 9.17) is 215 Å². The van der Waals surface area contributed by atoms with Crippen LogP contribution in [0.1, 0.15) is 52.8 Å². The van der Waals surface area contributed by atoms with E-state index in [2.05, 4.69) is 87.3 Å². The van der Waals surface area contributed by atoms with E-state index in [9.17, 15) is 49.0 Å². The van der Waals surface area contributed by atoms with Gasteiger partial charge in [-0.05, 0) is 19.9 Å². The number of nitrogen functional groups attached to an aromatic ring is 3. The molecular weight excluding hydrogens is 2200 g/mol. The summed E-state index contributed by atoms with van der Waals surface area (Å²) in [6.07, 6.45) is 7.13. The molecule has 0 radical (unpaired) electrons. The fourth-order valence-electron chi connectivity index (χ4n) is 9.32. The number of esters is 2. The number of carbonyl (C=O) groups is 4. The van der Waals surface area contributed by atoms with Crippen molar-refractivity contribution in [2.24, 2.45) is 9.98 Å². The van der Waals surface area contributed by atoms with Crippen molar-refractivity contribution >= 4 is 256 Å². The molecule has 8 aromatic carbocycles. The number of benzene rings is 8. The predicted octanol–water partition coefficient (Wildman–Crippen LogP) is 21.8. The Hall–Kier alpha value is -13.1. The maximum Gasteiger partial charge on any atom is 0.317 e. The van der Waals surface area contributed by atoms with Crippen LogP contribution in [0.25, 0.3) is 0 Å². The minimum Gasteiger partial charge on any atom is -0.497 e. The van der Waals surface area contributed by atoms with Gasteiger partial charge in [0.25, 0.3) is 11.4 Å². The van der Waals surface area contributed by atoms with Crippen molar-refractivity contribution in [2.75, 3.05) is 138 Å². The number of aliphatic hydroxyl groups excluding tert-OH is 1. The fraction of sp³-hybridized carbons (Fsp3) is 0.250. The van der Waals surface area contributed by atoms with Crippen LogP contribution >= 0.6 is 149 Å². The molecule has 3 aromatic heterocycles. The predicted molar refractivity (Wildman–Crippen MR) is 564 cm³/mol. The van der Waals surface area contributed by atoms with Gasteiger partial charge in [-0.3, -0.25) is 39.4 Å². The Kier molecular flexibility index (Phi) is 67.5. The zero-order valence-electron chi connectivity index (χ0n) is 80.3. The normalized spacial score (nSPS) is 9.48. The lowest BCUT2D eigenvalue weighted by atomic mass is 10.1. The molecule has 43 nitrogen and oxygen atoms in total. The number of nitrogens with zero attached hydrogens (tertiary/aromatic N) is 10. The van der Waals surface area contributed by atoms with Gasteiger partial charge >= 0.3 is 20.2 Å². The Bertz CT molecular complexity index is 5980. The van der Waals surface area contributed by atoms with Gasteiger partial charge in [0.1, 0.15) is 172 Å². The van der Waals surface area contributed by atoms with E-state index in [1.165, 1.54) is 152 Å². The largest absolute Gasteiger partial charge is 0.497 e. The molecule has 145 heavy (non-hydrogen) atoms. The first-order valence-electron chi connectivity index (χ1n) is 39.3. The maximum absolute atomic E-state index is 11.0. The molecule has 0 atom stereocenters. The first-order chi connectivity index (χ1) is 68.2. The van der Waals surface area contributed by atoms with Crippen LogP contribution in [0.5, 0.6) is 69.0 Å². The number of aromatic nitrogens is 6. The van der Waals surface area contributed by atoms with Gasteiger partial charge < -0.3 is 105 Å². The summed E-state index contributed by atoms with van der Waals surface area (Å²) in [7, 11) is 26.3. The van der Waals surface area contributed by atoms with Crippen LogP contribution in [0, 0.1) is 20.2 Å². The third kappa shape index (κ3) is 53.9. The molecule has 0 bridgehead atoms. The molecule has 11 rings (SSSR count). The number of amides is 2. The van der Waals surface area contributed by atoms with E-state index in [1.807, 2.05) is 0 Å². The summed E-state index contributed by atoms with van der Waals surface area (Å²) in [4.78, 5) is 112. The standard InChI is InChI=1S/C12H12N4O2.C10H11Cl2NO3.C10H13NO3.2C9H7Cl2NO3.C8H9Cl2NO2.C8H11NO2.C6H6N2O2.C5H6ClN3.C4H2Cl2N2.C4H6O3.C3H8O.Cl2O2S/c1-13-12-7-10(14-8-15-12)6-9-4-2-3-5-11(9)16(17)18;1-5(14)13-10-8(11)6(15-2)4-7(16-3)9(10)12;1-7(12)11-8-4-9(13-2)6-10(5-8)14-3;2*1-14-5-3-6(15-2)8(11)9(7(5)10)12-4-13;1-12-4-3-5(13-2)7(10)8(11)6(4)9;1-10-7-3-6(9)4-8(5-7)11-2;7-5-3-1-2-4-6(5)8(9)10;1-7-5-2-4(6)8-3-9-5;5-3-1-4(6)8-2-7-3;1-3(5)7-4(2)6;1-3(2)4;1-5(2,3)4/h2-5,7-8H,6H2,1H3,(H,13,14,15);4H,1-3H3,(H,13,14);4-6H,1-3H3,(H,11,12);2*3H,1-2H3;3H,11H2,1-2H3;3-5H,9H2,1-2H3;1-4H,7H2;2-3H,1H3,(H,7,8,9);1-2H;1-2H3;3-4H,1-2H3;. The summed E-state index contributed by atoms with van der Waals surface area (Å²) in [5.41, 5.74) is 20.1. The summed E-state index contributed by atoms with van der Waals surface area (Å²) in [6.45, 7) is 8.62. The number of hydrogen-bond donors (Lipinski definition) is 8. The minimum atomic E-state index is -3.72. The quantitative estimate of drug-likeness (QED) is 0.00359. The van der Waals surface area contributed by atoms with E-state index in [1.54, 1.807) is 147 Å². The molecule has 0 aliphatic heterocycles. The number of hydrogen-bond acceptors (Lipinski definition) is 39. The summed E-state index contributed by atoms with van der Waals surface area (Å²) in [5.74, 6) is 5.56. The number of methoxy groups -OCH3 is 12. The number of ether oxygens (including phenoxy) is 13. The lowest BCUT2D eigenvalue weighted by molar-refractivity contribution is -0.385. The molecule has 0 spiro atoms. The second-order valence-electron chi connectivity index (χ2n) is 25.9. The van der Waals surface area contributed by atoms with E-state index in [0.717, 1.165) is 11.5 Å². The van der Waals surface area contributed by atoms with Crippen LogP contribution in [-0.2, 0) is 48.2 Å². The van der Waals surface area contributed by atoms with E-state index in [0.29, 0.717) is 124 Å². The van der Waals surface area contributed by atoms with Crippen molar-refractivity contribution in [1.29, 1.82) is 0 Å². The lowest BCUT2D eigenvalue weighted by Gasteiger charge is -2.14. The number of nitro benzene ring substituents is 2. The lowest BCUT2D eigenvalue weighted by Crippen LogP contribution is -2.08. The molecule has 2 amide bonds. The number of aliphatic hydroxyl groups is 1. The second-order valence-corrected chi connectivity index (χ2v) is 33.7. The number of aliphatic imine (C=N–C) groups is 2. The monoisotopic (exact) mass is 2300 g/mol. The van der Waals surface area contributed by atoms with Crippen molar-refractivity contribution in [3.63, 3.8) is 0 Å². The van der Waals surface area contributed by atoms with Gasteiger partial charge in [-0.1, -0.05) is 158 Å². The third-order valence-electron chi connectivity index (χ3n) is 15.4. The van der Waals surface area contributed by atoms with Crippen LogP contribution in [-0.4, -0.2) is 195 Å². The zero-order valence-corrected chi connectivity index (χ0v) is 91.0. The Balaban J connectivity index is 0. The highest BCUT2D eigenvalue weighted by Crippen LogP contribution is 2.48. The molecule has 0 saturated carbocycles. The molecule has 57 heteroatoms. The number of anilines is 7. The molecule has 0 saturated heterocycles.